The SMILES string of the molecule is CC(C)(C)C1=CC(CC(=NNC2CCCCC2)c2ccccc2)C=C1. The molecular formula is C23H32N2. The predicted molar refractivity (Wildman–Crippen MR) is 108 cm³/mol. The van der Waals surface area contributed by atoms with Crippen LogP contribution in [0.3, 0.4) is 0 Å². The second-order valence-corrected chi connectivity index (χ2v) is 8.49. The molecule has 0 bridgehead atoms. The number of hydrogen-bond donors (Lipinski definition) is 1. The van der Waals surface area contributed by atoms with E-state index in [0.717, 1.165) is 6.42 Å². The molecule has 0 heterocycles. The molecule has 1 N–H and O–H groups in total. The molecule has 0 spiro atoms. The summed E-state index contributed by atoms with van der Waals surface area (Å²) in [6.45, 7) is 6.84. The van der Waals surface area contributed by atoms with Gasteiger partial charge >= 0.3 is 0 Å². The second kappa shape index (κ2) is 8.03. The fraction of sp³-hybridized carbons (Fsp3) is 0.522. The number of rotatable bonds is 5. The zero-order chi connectivity index (χ0) is 17.7. The molecule has 0 saturated heterocycles. The van der Waals surface area contributed by atoms with Gasteiger partial charge in [-0.2, -0.15) is 5.10 Å². The lowest BCUT2D eigenvalue weighted by molar-refractivity contribution is 0.380. The van der Waals surface area contributed by atoms with Gasteiger partial charge < -0.3 is 5.43 Å². The molecule has 1 aromatic carbocycles. The topological polar surface area (TPSA) is 24.4 Å². The highest BCUT2D eigenvalue weighted by Crippen LogP contribution is 2.33. The Balaban J connectivity index is 1.73. The molecule has 3 rings (SSSR count). The third kappa shape index (κ3) is 5.07. The summed E-state index contributed by atoms with van der Waals surface area (Å²) in [4.78, 5) is 0. The van der Waals surface area contributed by atoms with Crippen LogP contribution in [0, 0.1) is 11.3 Å². The monoisotopic (exact) mass is 336 g/mol. The summed E-state index contributed by atoms with van der Waals surface area (Å²) in [7, 11) is 0. The molecule has 1 unspecified atom stereocenters. The fourth-order valence-corrected chi connectivity index (χ4v) is 3.68. The lowest BCUT2D eigenvalue weighted by Gasteiger charge is -2.22. The third-order valence-electron chi connectivity index (χ3n) is 5.31. The van der Waals surface area contributed by atoms with Crippen molar-refractivity contribution in [2.45, 2.75) is 65.3 Å². The number of benzene rings is 1. The van der Waals surface area contributed by atoms with Crippen molar-refractivity contribution < 1.29 is 0 Å². The van der Waals surface area contributed by atoms with Crippen LogP contribution in [0.5, 0.6) is 0 Å². The minimum atomic E-state index is 0.218. The standard InChI is InChI=1S/C23H32N2/c1-23(2,3)20-15-14-18(16-20)17-22(19-10-6-4-7-11-19)25-24-21-12-8-5-9-13-21/h4,6-7,10-11,14-16,18,21,24H,5,8-9,12-13,17H2,1-3H3. The molecule has 25 heavy (non-hydrogen) atoms. The lowest BCUT2D eigenvalue weighted by Crippen LogP contribution is -2.28. The van der Waals surface area contributed by atoms with Crippen molar-refractivity contribution in [1.82, 2.24) is 5.43 Å². The lowest BCUT2D eigenvalue weighted by atomic mass is 9.87. The summed E-state index contributed by atoms with van der Waals surface area (Å²) in [5.74, 6) is 0.446. The minimum Gasteiger partial charge on any atom is -0.307 e. The van der Waals surface area contributed by atoms with Crippen LogP contribution >= 0.6 is 0 Å². The molecule has 0 amide bonds. The van der Waals surface area contributed by atoms with Crippen molar-refractivity contribution in [3.8, 4) is 0 Å². The van der Waals surface area contributed by atoms with E-state index in [1.165, 1.54) is 49.0 Å². The molecule has 0 radical (unpaired) electrons. The van der Waals surface area contributed by atoms with Crippen LogP contribution in [0.4, 0.5) is 0 Å². The third-order valence-corrected chi connectivity index (χ3v) is 5.31. The van der Waals surface area contributed by atoms with Crippen molar-refractivity contribution in [3.63, 3.8) is 0 Å². The average Bonchev–Trinajstić information content (AvgIpc) is 3.09. The molecule has 1 fully saturated rings. The normalized spacial score (nSPS) is 22.1. The van der Waals surface area contributed by atoms with Crippen molar-refractivity contribution in [3.05, 3.63) is 59.7 Å². The first kappa shape index (κ1) is 18.0. The first-order valence-electron chi connectivity index (χ1n) is 9.80. The highest BCUT2D eigenvalue weighted by molar-refractivity contribution is 6.00. The molecule has 1 aromatic rings. The first-order valence-corrected chi connectivity index (χ1v) is 9.80. The Morgan fingerprint density at radius 1 is 1.08 bits per heavy atom. The summed E-state index contributed by atoms with van der Waals surface area (Å²) in [6.07, 6.45) is 14.5. The molecule has 0 aliphatic heterocycles. The Hall–Kier alpha value is -1.83. The van der Waals surface area contributed by atoms with Crippen molar-refractivity contribution >= 4 is 5.71 Å². The van der Waals surface area contributed by atoms with Gasteiger partial charge in [-0.05, 0) is 29.4 Å². The molecule has 2 nitrogen and oxygen atoms in total. The van der Waals surface area contributed by atoms with E-state index in [1.807, 2.05) is 0 Å². The summed E-state index contributed by atoms with van der Waals surface area (Å²) in [5, 5.41) is 4.87. The predicted octanol–water partition coefficient (Wildman–Crippen LogP) is 5.86. The van der Waals surface area contributed by atoms with Gasteiger partial charge in [0.15, 0.2) is 0 Å². The van der Waals surface area contributed by atoms with E-state index in [4.69, 9.17) is 5.10 Å². The molecule has 1 saturated carbocycles. The van der Waals surface area contributed by atoms with Gasteiger partial charge in [0.25, 0.3) is 0 Å². The van der Waals surface area contributed by atoms with Gasteiger partial charge in [-0.15, -0.1) is 0 Å². The van der Waals surface area contributed by atoms with E-state index in [1.54, 1.807) is 0 Å². The molecular weight excluding hydrogens is 304 g/mol. The van der Waals surface area contributed by atoms with Crippen LogP contribution in [0.25, 0.3) is 0 Å². The van der Waals surface area contributed by atoms with Gasteiger partial charge in [0, 0.05) is 18.4 Å². The summed E-state index contributed by atoms with van der Waals surface area (Å²) in [5.41, 5.74) is 7.54. The maximum Gasteiger partial charge on any atom is 0.0684 e. The molecule has 1 atom stereocenters. The molecule has 0 aromatic heterocycles. The second-order valence-electron chi connectivity index (χ2n) is 8.49. The quantitative estimate of drug-likeness (QED) is 0.528. The Morgan fingerprint density at radius 2 is 1.80 bits per heavy atom. The van der Waals surface area contributed by atoms with E-state index in [-0.39, 0.29) is 5.41 Å². The zero-order valence-electron chi connectivity index (χ0n) is 16.0. The maximum absolute atomic E-state index is 4.87. The largest absolute Gasteiger partial charge is 0.307 e. The van der Waals surface area contributed by atoms with Crippen LogP contribution in [0.1, 0.15) is 64.9 Å². The average molecular weight is 337 g/mol. The van der Waals surface area contributed by atoms with Gasteiger partial charge in [0.2, 0.25) is 0 Å². The number of hydrazone groups is 1. The summed E-state index contributed by atoms with van der Waals surface area (Å²) in [6, 6.07) is 11.2. The van der Waals surface area contributed by atoms with Crippen LogP contribution < -0.4 is 5.43 Å². The van der Waals surface area contributed by atoms with Crippen molar-refractivity contribution in [1.29, 1.82) is 0 Å². The van der Waals surface area contributed by atoms with Crippen LogP contribution in [0.2, 0.25) is 0 Å². The Labute approximate surface area is 153 Å². The molecule has 2 aliphatic rings. The van der Waals surface area contributed by atoms with E-state index in [0.29, 0.717) is 12.0 Å². The highest BCUT2D eigenvalue weighted by Gasteiger charge is 2.21. The van der Waals surface area contributed by atoms with Crippen LogP contribution in [-0.4, -0.2) is 11.8 Å². The molecule has 134 valence electrons. The van der Waals surface area contributed by atoms with Gasteiger partial charge in [0.05, 0.1) is 5.71 Å². The van der Waals surface area contributed by atoms with Gasteiger partial charge in [-0.3, -0.25) is 0 Å². The van der Waals surface area contributed by atoms with Gasteiger partial charge in [-0.25, -0.2) is 0 Å². The van der Waals surface area contributed by atoms with E-state index in [2.05, 4.69) is 74.8 Å². The van der Waals surface area contributed by atoms with E-state index in [9.17, 15) is 0 Å². The number of nitrogens with zero attached hydrogens (tertiary/aromatic N) is 1. The first-order chi connectivity index (χ1) is 12.0. The number of allylic oxidation sites excluding steroid dienone is 4. The molecule has 2 heteroatoms. The summed E-state index contributed by atoms with van der Waals surface area (Å²) < 4.78 is 0. The van der Waals surface area contributed by atoms with Crippen LogP contribution in [-0.2, 0) is 0 Å². The Kier molecular flexibility index (Phi) is 5.78. The fourth-order valence-electron chi connectivity index (χ4n) is 3.68. The Bertz CT molecular complexity index is 640. The van der Waals surface area contributed by atoms with Crippen molar-refractivity contribution in [2.75, 3.05) is 0 Å². The maximum atomic E-state index is 4.87. The Morgan fingerprint density at radius 3 is 2.44 bits per heavy atom. The number of nitrogens with one attached hydrogen (secondary N) is 1. The highest BCUT2D eigenvalue weighted by atomic mass is 15.3. The van der Waals surface area contributed by atoms with E-state index >= 15 is 0 Å². The molecule has 2 aliphatic carbocycles. The van der Waals surface area contributed by atoms with Gasteiger partial charge in [-0.1, -0.05) is 88.6 Å². The zero-order valence-corrected chi connectivity index (χ0v) is 16.0. The smallest absolute Gasteiger partial charge is 0.0684 e. The number of hydrogen-bond acceptors (Lipinski definition) is 2. The van der Waals surface area contributed by atoms with Crippen LogP contribution in [0.15, 0.2) is 59.2 Å². The van der Waals surface area contributed by atoms with Gasteiger partial charge in [0.1, 0.15) is 0 Å². The minimum absolute atomic E-state index is 0.218. The summed E-state index contributed by atoms with van der Waals surface area (Å²) >= 11 is 0. The van der Waals surface area contributed by atoms with E-state index < -0.39 is 0 Å². The van der Waals surface area contributed by atoms with Crippen molar-refractivity contribution in [2.24, 2.45) is 16.4 Å².